The molecule has 0 atom stereocenters. The lowest BCUT2D eigenvalue weighted by Crippen LogP contribution is -2.05. The Bertz CT molecular complexity index is 244. The number of aryl methyl sites for hydroxylation is 1. The Hall–Kier alpha value is -0.510. The summed E-state index contributed by atoms with van der Waals surface area (Å²) in [7, 11) is 0. The van der Waals surface area contributed by atoms with Crippen molar-refractivity contribution >= 4 is 12.6 Å². The molecule has 0 bridgehead atoms. The Balaban J connectivity index is 2.49. The smallest absolute Gasteiger partial charge is 0.151 e. The van der Waals surface area contributed by atoms with Crippen LogP contribution in [-0.4, -0.2) is 16.5 Å². The average Bonchev–Trinajstić information content (AvgIpc) is 2.15. The van der Waals surface area contributed by atoms with Gasteiger partial charge in [-0.3, -0.25) is 0 Å². The predicted octanol–water partition coefficient (Wildman–Crippen LogP) is 1.36. The molecule has 3 heteroatoms. The second-order valence-corrected chi connectivity index (χ2v) is 3.31. The van der Waals surface area contributed by atoms with Crippen molar-refractivity contribution in [3.63, 3.8) is 0 Å². The van der Waals surface area contributed by atoms with Crippen LogP contribution in [0.15, 0.2) is 24.3 Å². The molecular formula is C10H14O2S. The van der Waals surface area contributed by atoms with Crippen LogP contribution in [0.4, 0.5) is 0 Å². The molecule has 0 aliphatic heterocycles. The Morgan fingerprint density at radius 3 is 2.08 bits per heavy atom. The monoisotopic (exact) mass is 198 g/mol. The summed E-state index contributed by atoms with van der Waals surface area (Å²) in [4.78, 5) is 0. The molecule has 0 saturated heterocycles. The van der Waals surface area contributed by atoms with Crippen molar-refractivity contribution in [2.45, 2.75) is 24.9 Å². The van der Waals surface area contributed by atoms with Crippen molar-refractivity contribution < 1.29 is 10.2 Å². The maximum atomic E-state index is 8.66. The SMILES string of the molecule is OC(O)CCc1ccc(CS)cc1. The van der Waals surface area contributed by atoms with Gasteiger partial charge in [-0.25, -0.2) is 0 Å². The van der Waals surface area contributed by atoms with Gasteiger partial charge >= 0.3 is 0 Å². The molecule has 1 aromatic rings. The van der Waals surface area contributed by atoms with E-state index in [1.165, 1.54) is 5.56 Å². The average molecular weight is 198 g/mol. The fraction of sp³-hybridized carbons (Fsp3) is 0.400. The lowest BCUT2D eigenvalue weighted by Gasteiger charge is -2.04. The van der Waals surface area contributed by atoms with Crippen molar-refractivity contribution in [3.05, 3.63) is 35.4 Å². The third-order valence-electron chi connectivity index (χ3n) is 1.90. The van der Waals surface area contributed by atoms with Gasteiger partial charge in [-0.05, 0) is 17.5 Å². The van der Waals surface area contributed by atoms with Crippen LogP contribution in [0.25, 0.3) is 0 Å². The van der Waals surface area contributed by atoms with E-state index in [0.29, 0.717) is 12.8 Å². The molecule has 2 nitrogen and oxygen atoms in total. The number of aliphatic hydroxyl groups is 2. The number of benzene rings is 1. The van der Waals surface area contributed by atoms with Gasteiger partial charge < -0.3 is 10.2 Å². The molecule has 1 rings (SSSR count). The Morgan fingerprint density at radius 1 is 1.08 bits per heavy atom. The molecular weight excluding hydrogens is 184 g/mol. The zero-order chi connectivity index (χ0) is 9.68. The first-order valence-electron chi connectivity index (χ1n) is 4.27. The van der Waals surface area contributed by atoms with Crippen LogP contribution in [0.5, 0.6) is 0 Å². The van der Waals surface area contributed by atoms with E-state index < -0.39 is 6.29 Å². The fourth-order valence-corrected chi connectivity index (χ4v) is 1.32. The highest BCUT2D eigenvalue weighted by Crippen LogP contribution is 2.08. The molecule has 0 unspecified atom stereocenters. The summed E-state index contributed by atoms with van der Waals surface area (Å²) >= 11 is 4.15. The third kappa shape index (κ3) is 3.81. The second-order valence-electron chi connectivity index (χ2n) is 2.99. The molecule has 0 aromatic heterocycles. The highest BCUT2D eigenvalue weighted by Gasteiger charge is 1.98. The quantitative estimate of drug-likeness (QED) is 0.505. The van der Waals surface area contributed by atoms with Gasteiger partial charge in [0.1, 0.15) is 0 Å². The van der Waals surface area contributed by atoms with Gasteiger partial charge in [-0.1, -0.05) is 24.3 Å². The summed E-state index contributed by atoms with van der Waals surface area (Å²) in [6, 6.07) is 8.00. The van der Waals surface area contributed by atoms with E-state index in [9.17, 15) is 0 Å². The lowest BCUT2D eigenvalue weighted by atomic mass is 10.1. The summed E-state index contributed by atoms with van der Waals surface area (Å²) < 4.78 is 0. The van der Waals surface area contributed by atoms with Crippen molar-refractivity contribution in [3.8, 4) is 0 Å². The number of aliphatic hydroxyl groups excluding tert-OH is 1. The topological polar surface area (TPSA) is 40.5 Å². The van der Waals surface area contributed by atoms with Crippen LogP contribution in [-0.2, 0) is 12.2 Å². The van der Waals surface area contributed by atoms with Crippen LogP contribution in [0, 0.1) is 0 Å². The molecule has 72 valence electrons. The number of hydrogen-bond acceptors (Lipinski definition) is 3. The second kappa shape index (κ2) is 5.27. The highest BCUT2D eigenvalue weighted by molar-refractivity contribution is 7.79. The molecule has 0 saturated carbocycles. The van der Waals surface area contributed by atoms with E-state index in [1.54, 1.807) is 0 Å². The normalized spacial score (nSPS) is 10.8. The van der Waals surface area contributed by atoms with Gasteiger partial charge in [-0.2, -0.15) is 12.6 Å². The molecule has 0 fully saturated rings. The Labute approximate surface area is 83.6 Å². The van der Waals surface area contributed by atoms with Crippen LogP contribution < -0.4 is 0 Å². The Kier molecular flexibility index (Phi) is 4.28. The van der Waals surface area contributed by atoms with Crippen molar-refractivity contribution in [1.29, 1.82) is 0 Å². The molecule has 1 aromatic carbocycles. The lowest BCUT2D eigenvalue weighted by molar-refractivity contribution is -0.0446. The van der Waals surface area contributed by atoms with Gasteiger partial charge in [0.25, 0.3) is 0 Å². The van der Waals surface area contributed by atoms with E-state index >= 15 is 0 Å². The first-order chi connectivity index (χ1) is 6.22. The van der Waals surface area contributed by atoms with E-state index in [-0.39, 0.29) is 0 Å². The summed E-state index contributed by atoms with van der Waals surface area (Å²) in [5.74, 6) is 0.739. The van der Waals surface area contributed by atoms with E-state index in [2.05, 4.69) is 12.6 Å². The van der Waals surface area contributed by atoms with Gasteiger partial charge in [-0.15, -0.1) is 0 Å². The predicted molar refractivity (Wildman–Crippen MR) is 55.7 cm³/mol. The largest absolute Gasteiger partial charge is 0.368 e. The molecule has 0 aliphatic carbocycles. The number of hydrogen-bond donors (Lipinski definition) is 3. The maximum absolute atomic E-state index is 8.66. The maximum Gasteiger partial charge on any atom is 0.151 e. The summed E-state index contributed by atoms with van der Waals surface area (Å²) in [5, 5.41) is 17.3. The standard InChI is InChI=1S/C10H14O2S/c11-10(12)6-5-8-1-3-9(7-13)4-2-8/h1-4,10-13H,5-7H2. The fourth-order valence-electron chi connectivity index (χ4n) is 1.11. The molecule has 13 heavy (non-hydrogen) atoms. The molecule has 0 spiro atoms. The first kappa shape index (κ1) is 10.6. The van der Waals surface area contributed by atoms with Gasteiger partial charge in [0.2, 0.25) is 0 Å². The van der Waals surface area contributed by atoms with Crippen LogP contribution in [0.1, 0.15) is 17.5 Å². The number of rotatable bonds is 4. The zero-order valence-electron chi connectivity index (χ0n) is 7.35. The summed E-state index contributed by atoms with van der Waals surface area (Å²) in [6.45, 7) is 0. The first-order valence-corrected chi connectivity index (χ1v) is 4.90. The van der Waals surface area contributed by atoms with Gasteiger partial charge in [0.05, 0.1) is 0 Å². The summed E-state index contributed by atoms with van der Waals surface area (Å²) in [6.07, 6.45) is -0.116. The Morgan fingerprint density at radius 2 is 1.62 bits per heavy atom. The number of thiol groups is 1. The van der Waals surface area contributed by atoms with E-state index in [0.717, 1.165) is 11.3 Å². The molecule has 2 N–H and O–H groups in total. The van der Waals surface area contributed by atoms with E-state index in [1.807, 2.05) is 24.3 Å². The highest BCUT2D eigenvalue weighted by atomic mass is 32.1. The van der Waals surface area contributed by atoms with Crippen LogP contribution in [0.2, 0.25) is 0 Å². The van der Waals surface area contributed by atoms with E-state index in [4.69, 9.17) is 10.2 Å². The van der Waals surface area contributed by atoms with Crippen molar-refractivity contribution in [2.75, 3.05) is 0 Å². The van der Waals surface area contributed by atoms with Gasteiger partial charge in [0, 0.05) is 12.2 Å². The minimum atomic E-state index is -1.20. The molecule has 0 heterocycles. The molecule has 0 aliphatic rings. The summed E-state index contributed by atoms with van der Waals surface area (Å²) in [5.41, 5.74) is 2.30. The third-order valence-corrected chi connectivity index (χ3v) is 2.26. The van der Waals surface area contributed by atoms with Gasteiger partial charge in [0.15, 0.2) is 6.29 Å². The molecule has 0 radical (unpaired) electrons. The van der Waals surface area contributed by atoms with Crippen LogP contribution in [0.3, 0.4) is 0 Å². The minimum absolute atomic E-state index is 0.389. The zero-order valence-corrected chi connectivity index (χ0v) is 8.24. The molecule has 0 amide bonds. The van der Waals surface area contributed by atoms with Crippen molar-refractivity contribution in [1.82, 2.24) is 0 Å². The minimum Gasteiger partial charge on any atom is -0.368 e. The van der Waals surface area contributed by atoms with Crippen LogP contribution >= 0.6 is 12.6 Å². The van der Waals surface area contributed by atoms with Crippen molar-refractivity contribution in [2.24, 2.45) is 0 Å².